The molecule has 6 nitrogen and oxygen atoms in total. The second kappa shape index (κ2) is 9.75. The number of rotatable bonds is 5. The molecular formula is C18H28ClN3O3. The first kappa shape index (κ1) is 21.4. The summed E-state index contributed by atoms with van der Waals surface area (Å²) in [4.78, 5) is 26.6. The smallest absolute Gasteiger partial charge is 0.244 e. The fourth-order valence-electron chi connectivity index (χ4n) is 2.92. The molecule has 0 bridgehead atoms. The highest BCUT2D eigenvalue weighted by molar-refractivity contribution is 5.96. The number of para-hydroxylation sites is 1. The minimum absolute atomic E-state index is 0. The molecule has 0 radical (unpaired) electrons. The lowest BCUT2D eigenvalue weighted by Crippen LogP contribution is -2.57. The Hall–Kier alpha value is -1.63. The molecule has 1 aliphatic heterocycles. The second-order valence-electron chi connectivity index (χ2n) is 6.18. The minimum atomic E-state index is -0.397. The van der Waals surface area contributed by atoms with E-state index in [2.05, 4.69) is 10.6 Å². The van der Waals surface area contributed by atoms with Crippen molar-refractivity contribution in [1.82, 2.24) is 10.2 Å². The topological polar surface area (TPSA) is 70.7 Å². The zero-order valence-electron chi connectivity index (χ0n) is 15.3. The fraction of sp³-hybridized carbons (Fsp3) is 0.556. The number of morpholine rings is 1. The summed E-state index contributed by atoms with van der Waals surface area (Å²) < 4.78 is 5.53. The number of carbonyl (C=O) groups excluding carboxylic acids is 2. The number of benzene rings is 1. The van der Waals surface area contributed by atoms with Gasteiger partial charge >= 0.3 is 0 Å². The van der Waals surface area contributed by atoms with Crippen LogP contribution in [0.5, 0.6) is 0 Å². The number of nitrogens with one attached hydrogen (secondary N) is 2. The maximum absolute atomic E-state index is 12.7. The molecule has 1 aromatic rings. The van der Waals surface area contributed by atoms with Crippen molar-refractivity contribution < 1.29 is 14.3 Å². The van der Waals surface area contributed by atoms with Gasteiger partial charge in [0.15, 0.2) is 0 Å². The highest BCUT2D eigenvalue weighted by Crippen LogP contribution is 2.19. The lowest BCUT2D eigenvalue weighted by molar-refractivity contribution is -0.141. The number of hydrogen-bond donors (Lipinski definition) is 2. The van der Waals surface area contributed by atoms with Crippen molar-refractivity contribution in [2.45, 2.75) is 39.8 Å². The zero-order valence-corrected chi connectivity index (χ0v) is 16.1. The van der Waals surface area contributed by atoms with Crippen LogP contribution in [0, 0.1) is 13.8 Å². The van der Waals surface area contributed by atoms with Gasteiger partial charge in [-0.3, -0.25) is 9.59 Å². The number of ether oxygens (including phenoxy) is 1. The molecule has 2 amide bonds. The van der Waals surface area contributed by atoms with E-state index < -0.39 is 6.04 Å². The van der Waals surface area contributed by atoms with Crippen molar-refractivity contribution in [3.05, 3.63) is 29.3 Å². The zero-order chi connectivity index (χ0) is 17.7. The molecule has 1 aliphatic rings. The lowest BCUT2D eigenvalue weighted by Gasteiger charge is -2.33. The monoisotopic (exact) mass is 369 g/mol. The standard InChI is InChI=1S/C18H27N3O3.ClH/c1-5-21(18(23)17-14(4)24-10-9-19-17)11-15(22)20-16-12(2)7-6-8-13(16)3;/h6-8,14,17,19H,5,9-11H2,1-4H3,(H,20,22);1H/t14-,17+;/m1./s1. The lowest BCUT2D eigenvalue weighted by atomic mass is 10.1. The average molecular weight is 370 g/mol. The van der Waals surface area contributed by atoms with Crippen molar-refractivity contribution in [3.63, 3.8) is 0 Å². The van der Waals surface area contributed by atoms with Crippen LogP contribution in [-0.2, 0) is 14.3 Å². The maximum Gasteiger partial charge on any atom is 0.244 e. The van der Waals surface area contributed by atoms with Crippen LogP contribution in [0.15, 0.2) is 18.2 Å². The largest absolute Gasteiger partial charge is 0.375 e. The summed E-state index contributed by atoms with van der Waals surface area (Å²) in [7, 11) is 0. The van der Waals surface area contributed by atoms with E-state index in [0.29, 0.717) is 19.7 Å². The summed E-state index contributed by atoms with van der Waals surface area (Å²) in [5, 5.41) is 6.10. The number of carbonyl (C=O) groups is 2. The van der Waals surface area contributed by atoms with Gasteiger partial charge in [0.25, 0.3) is 0 Å². The Labute approximate surface area is 155 Å². The van der Waals surface area contributed by atoms with Crippen LogP contribution in [0.4, 0.5) is 5.69 Å². The second-order valence-corrected chi connectivity index (χ2v) is 6.18. The first-order valence-corrected chi connectivity index (χ1v) is 8.43. The molecule has 25 heavy (non-hydrogen) atoms. The quantitative estimate of drug-likeness (QED) is 0.831. The first-order valence-electron chi connectivity index (χ1n) is 8.43. The number of halogens is 1. The van der Waals surface area contributed by atoms with E-state index in [1.165, 1.54) is 0 Å². The highest BCUT2D eigenvalue weighted by atomic mass is 35.5. The van der Waals surface area contributed by atoms with Crippen molar-refractivity contribution in [1.29, 1.82) is 0 Å². The first-order chi connectivity index (χ1) is 11.4. The van der Waals surface area contributed by atoms with Gasteiger partial charge in [-0.05, 0) is 38.8 Å². The van der Waals surface area contributed by atoms with Gasteiger partial charge in [0, 0.05) is 18.8 Å². The normalized spacial score (nSPS) is 19.7. The number of hydrogen-bond acceptors (Lipinski definition) is 4. The maximum atomic E-state index is 12.7. The Morgan fingerprint density at radius 1 is 1.32 bits per heavy atom. The van der Waals surface area contributed by atoms with E-state index >= 15 is 0 Å². The molecule has 1 aromatic carbocycles. The fourth-order valence-corrected chi connectivity index (χ4v) is 2.92. The van der Waals surface area contributed by atoms with Crippen LogP contribution in [0.3, 0.4) is 0 Å². The van der Waals surface area contributed by atoms with Crippen molar-refractivity contribution in [2.24, 2.45) is 0 Å². The number of likely N-dealkylation sites (N-methyl/N-ethyl adjacent to an activating group) is 1. The van der Waals surface area contributed by atoms with Gasteiger partial charge in [0.1, 0.15) is 6.04 Å². The van der Waals surface area contributed by atoms with E-state index in [1.807, 2.05) is 45.9 Å². The number of anilines is 1. The molecule has 1 fully saturated rings. The van der Waals surface area contributed by atoms with Crippen LogP contribution in [0.2, 0.25) is 0 Å². The Kier molecular flexibility index (Phi) is 8.35. The molecule has 0 aromatic heterocycles. The van der Waals surface area contributed by atoms with Crippen LogP contribution < -0.4 is 10.6 Å². The van der Waals surface area contributed by atoms with Gasteiger partial charge < -0.3 is 20.3 Å². The average Bonchev–Trinajstić information content (AvgIpc) is 2.56. The van der Waals surface area contributed by atoms with Gasteiger partial charge in [-0.15, -0.1) is 12.4 Å². The van der Waals surface area contributed by atoms with E-state index in [1.54, 1.807) is 4.90 Å². The Morgan fingerprint density at radius 2 is 1.96 bits per heavy atom. The van der Waals surface area contributed by atoms with Gasteiger partial charge in [0.05, 0.1) is 19.3 Å². The predicted molar refractivity (Wildman–Crippen MR) is 101 cm³/mol. The van der Waals surface area contributed by atoms with Gasteiger partial charge in [-0.25, -0.2) is 0 Å². The van der Waals surface area contributed by atoms with Crippen molar-refractivity contribution in [2.75, 3.05) is 31.6 Å². The Morgan fingerprint density at radius 3 is 2.52 bits per heavy atom. The summed E-state index contributed by atoms with van der Waals surface area (Å²) in [5.74, 6) is -0.284. The molecule has 7 heteroatoms. The van der Waals surface area contributed by atoms with E-state index in [0.717, 1.165) is 16.8 Å². The van der Waals surface area contributed by atoms with Crippen molar-refractivity contribution in [3.8, 4) is 0 Å². The summed E-state index contributed by atoms with van der Waals surface area (Å²) >= 11 is 0. The van der Waals surface area contributed by atoms with Crippen LogP contribution >= 0.6 is 12.4 Å². The van der Waals surface area contributed by atoms with Gasteiger partial charge in [0.2, 0.25) is 11.8 Å². The molecule has 0 aliphatic carbocycles. The molecular weight excluding hydrogens is 342 g/mol. The van der Waals surface area contributed by atoms with Crippen LogP contribution in [0.1, 0.15) is 25.0 Å². The molecule has 1 heterocycles. The third kappa shape index (κ3) is 5.42. The summed E-state index contributed by atoms with van der Waals surface area (Å²) in [6.45, 7) is 9.42. The highest BCUT2D eigenvalue weighted by Gasteiger charge is 2.32. The van der Waals surface area contributed by atoms with Crippen molar-refractivity contribution >= 4 is 29.9 Å². The molecule has 2 N–H and O–H groups in total. The van der Waals surface area contributed by atoms with E-state index in [4.69, 9.17) is 4.74 Å². The predicted octanol–water partition coefficient (Wildman–Crippen LogP) is 1.89. The Bertz CT molecular complexity index is 589. The van der Waals surface area contributed by atoms with Crippen LogP contribution in [-0.4, -0.2) is 55.1 Å². The molecule has 0 spiro atoms. The number of amides is 2. The SMILES string of the molecule is CCN(CC(=O)Nc1c(C)cccc1C)C(=O)[C@H]1NCCO[C@@H]1C.Cl. The minimum Gasteiger partial charge on any atom is -0.375 e. The summed E-state index contributed by atoms with van der Waals surface area (Å²) in [6.07, 6.45) is -0.193. The van der Waals surface area contributed by atoms with Gasteiger partial charge in [-0.2, -0.15) is 0 Å². The summed E-state index contributed by atoms with van der Waals surface area (Å²) in [5.41, 5.74) is 2.83. The third-order valence-corrected chi connectivity index (χ3v) is 4.36. The van der Waals surface area contributed by atoms with Gasteiger partial charge in [-0.1, -0.05) is 18.2 Å². The molecule has 1 saturated heterocycles. The Balaban J connectivity index is 0.00000312. The molecule has 0 unspecified atom stereocenters. The molecule has 2 rings (SSSR count). The number of aryl methyl sites for hydroxylation is 2. The van der Waals surface area contributed by atoms with E-state index in [9.17, 15) is 9.59 Å². The number of nitrogens with zero attached hydrogens (tertiary/aromatic N) is 1. The third-order valence-electron chi connectivity index (χ3n) is 4.36. The van der Waals surface area contributed by atoms with Crippen LogP contribution in [0.25, 0.3) is 0 Å². The molecule has 0 saturated carbocycles. The van der Waals surface area contributed by atoms with E-state index in [-0.39, 0.29) is 36.9 Å². The summed E-state index contributed by atoms with van der Waals surface area (Å²) in [6, 6.07) is 5.47. The molecule has 2 atom stereocenters. The molecule has 140 valence electrons.